The number of fused-ring (bicyclic) bond motifs is 3. The van der Waals surface area contributed by atoms with Gasteiger partial charge in [0.25, 0.3) is 0 Å². The third-order valence-corrected chi connectivity index (χ3v) is 23.0. The molecule has 4 unspecified atom stereocenters. The lowest BCUT2D eigenvalue weighted by molar-refractivity contribution is 0.465. The topological polar surface area (TPSA) is 162 Å². The molecule has 0 aliphatic heterocycles. The molecule has 0 spiro atoms. The molecule has 0 heterocycles. The summed E-state index contributed by atoms with van der Waals surface area (Å²) in [5.74, 6) is 2.53. The SMILES string of the molecule is Cc1cc(-c2ccc(O)c(C(C)c3c4ccccc4cc4ccccc34)c2)ccc1O.Cc1cc(-c2ccc(O)c(C(C)c3ccc4ccc5cccc6ccc3c4c56)c2)ccc1O.Cc1cc(-c2ccc(O)c(C(C)c3cccc4ccccc34)c2)ccc1O.Cc1cc(-c2ccc(O)c(C(C)c3ccccc3)c2)ccc1O. The van der Waals surface area contributed by atoms with Gasteiger partial charge in [0.2, 0.25) is 0 Å². The summed E-state index contributed by atoms with van der Waals surface area (Å²) in [6, 6.07) is 109. The van der Waals surface area contributed by atoms with E-state index in [1.165, 1.54) is 86.9 Å². The molecule has 18 aromatic carbocycles. The monoisotopic (exact) mass is 1490 g/mol. The Morgan fingerprint density at radius 2 is 0.482 bits per heavy atom. The molecule has 0 aliphatic rings. The van der Waals surface area contributed by atoms with Crippen molar-refractivity contribution in [2.45, 2.75) is 79.1 Å². The van der Waals surface area contributed by atoms with Gasteiger partial charge in [-0.2, -0.15) is 0 Å². The lowest BCUT2D eigenvalue weighted by Crippen LogP contribution is -2.00. The summed E-state index contributed by atoms with van der Waals surface area (Å²) in [5.41, 5.74) is 19.9. The van der Waals surface area contributed by atoms with E-state index < -0.39 is 0 Å². The van der Waals surface area contributed by atoms with Crippen LogP contribution < -0.4 is 0 Å². The van der Waals surface area contributed by atoms with Crippen LogP contribution in [0, 0.1) is 27.7 Å². The van der Waals surface area contributed by atoms with Crippen molar-refractivity contribution in [2.75, 3.05) is 0 Å². The van der Waals surface area contributed by atoms with Gasteiger partial charge >= 0.3 is 0 Å². The number of rotatable bonds is 12. The Morgan fingerprint density at radius 3 is 0.904 bits per heavy atom. The summed E-state index contributed by atoms with van der Waals surface area (Å²) >= 11 is 0. The van der Waals surface area contributed by atoms with E-state index in [-0.39, 0.29) is 23.7 Å². The van der Waals surface area contributed by atoms with E-state index in [1.807, 2.05) is 143 Å². The molecule has 0 aromatic heterocycles. The lowest BCUT2D eigenvalue weighted by Gasteiger charge is -2.20. The summed E-state index contributed by atoms with van der Waals surface area (Å²) in [7, 11) is 0. The number of phenolic OH excluding ortho intramolecular Hbond substituents is 8. The second-order valence-corrected chi connectivity index (χ2v) is 30.2. The van der Waals surface area contributed by atoms with Gasteiger partial charge in [0.05, 0.1) is 0 Å². The average molecular weight is 1490 g/mol. The van der Waals surface area contributed by atoms with Gasteiger partial charge in [0, 0.05) is 45.9 Å². The predicted molar refractivity (Wildman–Crippen MR) is 472 cm³/mol. The number of aromatic hydroxyl groups is 8. The molecule has 562 valence electrons. The van der Waals surface area contributed by atoms with Crippen LogP contribution in [0.25, 0.3) is 109 Å². The van der Waals surface area contributed by atoms with Crippen molar-refractivity contribution < 1.29 is 40.9 Å². The molecule has 18 rings (SSSR count). The van der Waals surface area contributed by atoms with E-state index >= 15 is 0 Å². The molecule has 4 atom stereocenters. The third-order valence-electron chi connectivity index (χ3n) is 23.0. The largest absolute Gasteiger partial charge is 0.508 e. The van der Waals surface area contributed by atoms with Gasteiger partial charge < -0.3 is 40.9 Å². The number of benzene rings is 18. The first-order valence-electron chi connectivity index (χ1n) is 38.8. The van der Waals surface area contributed by atoms with Crippen LogP contribution in [0.4, 0.5) is 0 Å². The van der Waals surface area contributed by atoms with Gasteiger partial charge in [-0.1, -0.05) is 252 Å². The second-order valence-electron chi connectivity index (χ2n) is 30.2. The number of hydrogen-bond donors (Lipinski definition) is 8. The summed E-state index contributed by atoms with van der Waals surface area (Å²) in [6.45, 7) is 16.1. The molecule has 8 heteroatoms. The molecule has 0 saturated carbocycles. The van der Waals surface area contributed by atoms with Gasteiger partial charge in [0.1, 0.15) is 46.0 Å². The van der Waals surface area contributed by atoms with Gasteiger partial charge in [-0.05, 0) is 284 Å². The van der Waals surface area contributed by atoms with Crippen LogP contribution in [0.15, 0.2) is 328 Å². The molecule has 114 heavy (non-hydrogen) atoms. The Morgan fingerprint density at radius 1 is 0.184 bits per heavy atom. The first kappa shape index (κ1) is 75.6. The molecular weight excluding hydrogens is 1400 g/mol. The first-order chi connectivity index (χ1) is 55.1. The van der Waals surface area contributed by atoms with Crippen molar-refractivity contribution in [1.82, 2.24) is 0 Å². The molecule has 0 radical (unpaired) electrons. The Kier molecular flexibility index (Phi) is 21.4. The molecule has 8 N–H and O–H groups in total. The molecule has 0 bridgehead atoms. The highest BCUT2D eigenvalue weighted by atomic mass is 16.3. The summed E-state index contributed by atoms with van der Waals surface area (Å²) in [4.78, 5) is 0. The predicted octanol–water partition coefficient (Wildman–Crippen LogP) is 27.3. The summed E-state index contributed by atoms with van der Waals surface area (Å²) in [6.07, 6.45) is 0. The molecule has 0 amide bonds. The van der Waals surface area contributed by atoms with E-state index in [9.17, 15) is 40.9 Å². The fourth-order valence-electron chi connectivity index (χ4n) is 16.4. The van der Waals surface area contributed by atoms with Gasteiger partial charge in [-0.3, -0.25) is 0 Å². The summed E-state index contributed by atoms with van der Waals surface area (Å²) < 4.78 is 0. The minimum atomic E-state index is -0.00541. The zero-order valence-electron chi connectivity index (χ0n) is 65.1. The van der Waals surface area contributed by atoms with E-state index in [1.54, 1.807) is 48.5 Å². The third kappa shape index (κ3) is 15.3. The van der Waals surface area contributed by atoms with Crippen molar-refractivity contribution >= 4 is 64.6 Å². The van der Waals surface area contributed by atoms with Crippen molar-refractivity contribution in [2.24, 2.45) is 0 Å². The van der Waals surface area contributed by atoms with Crippen LogP contribution in [0.5, 0.6) is 46.0 Å². The summed E-state index contributed by atoms with van der Waals surface area (Å²) in [5, 5.41) is 96.5. The molecule has 18 aromatic rings. The van der Waals surface area contributed by atoms with Gasteiger partial charge in [0.15, 0.2) is 0 Å². The maximum Gasteiger partial charge on any atom is 0.119 e. The van der Waals surface area contributed by atoms with Crippen LogP contribution in [0.1, 0.15) is 118 Å². The lowest BCUT2D eigenvalue weighted by atomic mass is 9.84. The number of aryl methyl sites for hydroxylation is 4. The first-order valence-corrected chi connectivity index (χ1v) is 38.8. The van der Waals surface area contributed by atoms with E-state index in [4.69, 9.17) is 0 Å². The Bertz CT molecular complexity index is 6540. The number of hydrogen-bond acceptors (Lipinski definition) is 8. The zero-order chi connectivity index (χ0) is 79.6. The Balaban J connectivity index is 0.000000121. The van der Waals surface area contributed by atoms with Crippen LogP contribution in [0.2, 0.25) is 0 Å². The second kappa shape index (κ2) is 32.2. The minimum absolute atomic E-state index is 0.00541. The fourth-order valence-corrected chi connectivity index (χ4v) is 16.4. The Hall–Kier alpha value is -13.8. The van der Waals surface area contributed by atoms with E-state index in [0.29, 0.717) is 46.0 Å². The van der Waals surface area contributed by atoms with Crippen LogP contribution in [0.3, 0.4) is 0 Å². The Labute approximate surface area is 665 Å². The minimum Gasteiger partial charge on any atom is -0.508 e. The molecule has 0 saturated heterocycles. The van der Waals surface area contributed by atoms with Gasteiger partial charge in [-0.25, -0.2) is 0 Å². The van der Waals surface area contributed by atoms with Crippen molar-refractivity contribution in [3.63, 3.8) is 0 Å². The standard InChI is InChI=1S/C31H24O2.C29H24O2.C25H22O2.C21H20O2/c1-18-16-23(10-14-28(18)32)24-11-15-29(33)27(17-24)19(2)25-12-8-22-7-6-20-4-3-5-21-9-13-26(25)31(22)30(20)21;1-18-15-20(11-13-27(18)30)21-12-14-28(31)26(17-21)19(2)29-24-9-5-3-7-22(24)16-23-8-4-6-10-25(23)29;1-16-14-19(10-12-24(16)26)20-11-13-25(27)23(15-20)17(2)21-9-5-7-18-6-3-4-8-22(18)21;1-14-12-17(8-10-20(14)22)18-9-11-21(23)19(13-18)15(2)16-6-4-3-5-7-16/h3-17,19,32-33H,1-2H3;3-17,19,30-31H,1-2H3;3-15,17,26-27H,1-2H3;3-13,15,22-23H,1-2H3. The average Bonchev–Trinajstić information content (AvgIpc) is 0.729. The van der Waals surface area contributed by atoms with Crippen molar-refractivity contribution in [3.8, 4) is 90.5 Å². The van der Waals surface area contributed by atoms with Crippen molar-refractivity contribution in [1.29, 1.82) is 0 Å². The highest BCUT2D eigenvalue weighted by molar-refractivity contribution is 6.23. The van der Waals surface area contributed by atoms with Crippen LogP contribution in [-0.2, 0) is 0 Å². The van der Waals surface area contributed by atoms with Crippen LogP contribution >= 0.6 is 0 Å². The molecule has 0 fully saturated rings. The molecule has 8 nitrogen and oxygen atoms in total. The van der Waals surface area contributed by atoms with Gasteiger partial charge in [-0.15, -0.1) is 0 Å². The highest BCUT2D eigenvalue weighted by Gasteiger charge is 2.24. The van der Waals surface area contributed by atoms with Crippen molar-refractivity contribution in [3.05, 3.63) is 394 Å². The fraction of sp³-hybridized carbons (Fsp3) is 0.113. The zero-order valence-corrected chi connectivity index (χ0v) is 65.1. The maximum atomic E-state index is 10.8. The normalized spacial score (nSPS) is 12.4. The highest BCUT2D eigenvalue weighted by Crippen LogP contribution is 2.46. The van der Waals surface area contributed by atoms with Crippen LogP contribution in [-0.4, -0.2) is 40.9 Å². The molecule has 0 aliphatic carbocycles. The smallest absolute Gasteiger partial charge is 0.119 e. The van der Waals surface area contributed by atoms with E-state index in [0.717, 1.165) is 89.0 Å². The maximum absolute atomic E-state index is 10.8. The number of phenols is 8. The van der Waals surface area contributed by atoms with E-state index in [2.05, 4.69) is 191 Å². The quantitative estimate of drug-likeness (QED) is 0.0443. The molecular formula is C106H90O8.